The van der Waals surface area contributed by atoms with E-state index in [4.69, 9.17) is 20.4 Å². The summed E-state index contributed by atoms with van der Waals surface area (Å²) in [6.45, 7) is 10.1. The van der Waals surface area contributed by atoms with Crippen LogP contribution in [0.2, 0.25) is 0 Å². The molecule has 0 aliphatic heterocycles. The maximum absolute atomic E-state index is 8.42. The third kappa shape index (κ3) is 63.1. The zero-order chi connectivity index (χ0) is 25.0. The highest BCUT2D eigenvalue weighted by Crippen LogP contribution is 2.05. The minimum Gasteiger partial charge on any atom is -0.396 e. The highest BCUT2D eigenvalue weighted by atomic mass is 16.3. The molecule has 0 heterocycles. The van der Waals surface area contributed by atoms with Gasteiger partial charge in [-0.15, -0.1) is 0 Å². The van der Waals surface area contributed by atoms with E-state index in [1.165, 1.54) is 96.3 Å². The summed E-state index contributed by atoms with van der Waals surface area (Å²) in [5.74, 6) is 0. The fraction of sp³-hybridized carbons (Fsp3) is 1.00. The Morgan fingerprint density at radius 3 is 0.594 bits per heavy atom. The quantitative estimate of drug-likeness (QED) is 0.139. The van der Waals surface area contributed by atoms with Gasteiger partial charge in [0.2, 0.25) is 0 Å². The molecule has 4 heteroatoms. The predicted molar refractivity (Wildman–Crippen MR) is 143 cm³/mol. The summed E-state index contributed by atoms with van der Waals surface area (Å²) in [6.07, 6.45) is 24.5. The fourth-order valence-corrected chi connectivity index (χ4v) is 2.83. The van der Waals surface area contributed by atoms with E-state index in [1.807, 2.05) is 0 Å². The molecule has 0 amide bonds. The lowest BCUT2D eigenvalue weighted by Gasteiger charge is -1.95. The second kappa shape index (κ2) is 48.3. The van der Waals surface area contributed by atoms with E-state index < -0.39 is 0 Å². The fourth-order valence-electron chi connectivity index (χ4n) is 2.83. The molecular weight excluding hydrogens is 400 g/mol. The lowest BCUT2D eigenvalue weighted by atomic mass is 10.1. The molecule has 32 heavy (non-hydrogen) atoms. The Labute approximate surface area is 203 Å². The van der Waals surface area contributed by atoms with E-state index in [9.17, 15) is 0 Å². The summed E-state index contributed by atoms with van der Waals surface area (Å²) in [7, 11) is 0. The smallest absolute Gasteiger partial charge is 0.0431 e. The van der Waals surface area contributed by atoms with Crippen LogP contribution in [-0.2, 0) is 0 Å². The van der Waals surface area contributed by atoms with Crippen LogP contribution in [0.15, 0.2) is 0 Å². The van der Waals surface area contributed by atoms with Crippen LogP contribution < -0.4 is 0 Å². The summed E-state index contributed by atoms with van der Waals surface area (Å²) < 4.78 is 0. The number of hydrogen-bond donors (Lipinski definition) is 4. The molecule has 0 rings (SSSR count). The van der Waals surface area contributed by atoms with Gasteiger partial charge in [-0.2, -0.15) is 0 Å². The standard InChI is InChI=1S/3C8H18O.C4H10O/c3*1-2-3-4-5-6-7-8-9;1-2-3-4-5/h3*9H,2-8H2,1H3;5H,2-4H2,1H3. The highest BCUT2D eigenvalue weighted by molar-refractivity contribution is 4.43. The van der Waals surface area contributed by atoms with Gasteiger partial charge in [-0.25, -0.2) is 0 Å². The van der Waals surface area contributed by atoms with Gasteiger partial charge < -0.3 is 20.4 Å². The van der Waals surface area contributed by atoms with Crippen LogP contribution in [0.3, 0.4) is 0 Å². The van der Waals surface area contributed by atoms with Crippen molar-refractivity contribution in [1.29, 1.82) is 0 Å². The van der Waals surface area contributed by atoms with E-state index in [0.717, 1.165) is 32.1 Å². The van der Waals surface area contributed by atoms with Crippen molar-refractivity contribution in [3.05, 3.63) is 0 Å². The predicted octanol–water partition coefficient (Wildman–Crippen LogP) is 7.80. The molecule has 0 fully saturated rings. The van der Waals surface area contributed by atoms with Crippen molar-refractivity contribution >= 4 is 0 Å². The lowest BCUT2D eigenvalue weighted by molar-refractivity contribution is 0.282. The molecule has 0 aliphatic carbocycles. The van der Waals surface area contributed by atoms with Gasteiger partial charge in [0.1, 0.15) is 0 Å². The molecule has 0 atom stereocenters. The van der Waals surface area contributed by atoms with Crippen LogP contribution in [0.1, 0.15) is 156 Å². The largest absolute Gasteiger partial charge is 0.396 e. The van der Waals surface area contributed by atoms with Gasteiger partial charge in [-0.1, -0.05) is 130 Å². The van der Waals surface area contributed by atoms with Crippen LogP contribution in [0.25, 0.3) is 0 Å². The van der Waals surface area contributed by atoms with Crippen LogP contribution in [0.4, 0.5) is 0 Å². The van der Waals surface area contributed by atoms with Crippen molar-refractivity contribution in [2.75, 3.05) is 26.4 Å². The molecule has 0 aromatic heterocycles. The first kappa shape index (κ1) is 39.1. The summed E-state index contributed by atoms with van der Waals surface area (Å²) >= 11 is 0. The number of rotatable bonds is 20. The van der Waals surface area contributed by atoms with Gasteiger partial charge in [-0.3, -0.25) is 0 Å². The van der Waals surface area contributed by atoms with E-state index in [1.54, 1.807) is 0 Å². The molecular formula is C28H64O4. The van der Waals surface area contributed by atoms with Crippen LogP contribution in [-0.4, -0.2) is 46.9 Å². The summed E-state index contributed by atoms with van der Waals surface area (Å²) in [5.41, 5.74) is 0. The molecule has 0 aromatic carbocycles. The first-order valence-corrected chi connectivity index (χ1v) is 14.1. The van der Waals surface area contributed by atoms with Crippen LogP contribution in [0, 0.1) is 0 Å². The van der Waals surface area contributed by atoms with Crippen molar-refractivity contribution < 1.29 is 20.4 Å². The second-order valence-corrected chi connectivity index (χ2v) is 8.55. The molecule has 0 aliphatic rings. The van der Waals surface area contributed by atoms with E-state index in [0.29, 0.717) is 26.4 Å². The number of aliphatic hydroxyl groups is 4. The third-order valence-corrected chi connectivity index (χ3v) is 5.05. The average molecular weight is 465 g/mol. The van der Waals surface area contributed by atoms with Gasteiger partial charge in [-0.05, 0) is 25.7 Å². The van der Waals surface area contributed by atoms with Crippen molar-refractivity contribution in [2.24, 2.45) is 0 Å². The maximum atomic E-state index is 8.42. The Balaban J connectivity index is -0.000000167. The molecule has 0 aromatic rings. The topological polar surface area (TPSA) is 80.9 Å². The van der Waals surface area contributed by atoms with Gasteiger partial charge in [0.15, 0.2) is 0 Å². The number of unbranched alkanes of at least 4 members (excludes halogenated alkanes) is 16. The monoisotopic (exact) mass is 464 g/mol. The number of hydrogen-bond acceptors (Lipinski definition) is 4. The maximum Gasteiger partial charge on any atom is 0.0431 e. The highest BCUT2D eigenvalue weighted by Gasteiger charge is 1.87. The molecule has 4 nitrogen and oxygen atoms in total. The van der Waals surface area contributed by atoms with Crippen LogP contribution >= 0.6 is 0 Å². The minimum atomic E-state index is 0.344. The van der Waals surface area contributed by atoms with E-state index in [-0.39, 0.29) is 0 Å². The molecule has 0 radical (unpaired) electrons. The molecule has 0 spiro atoms. The van der Waals surface area contributed by atoms with Gasteiger partial charge in [0.25, 0.3) is 0 Å². The van der Waals surface area contributed by atoms with Gasteiger partial charge in [0.05, 0.1) is 0 Å². The molecule has 0 unspecified atom stereocenters. The second-order valence-electron chi connectivity index (χ2n) is 8.55. The summed E-state index contributed by atoms with van der Waals surface area (Å²) in [6, 6.07) is 0. The van der Waals surface area contributed by atoms with E-state index in [2.05, 4.69) is 27.7 Å². The van der Waals surface area contributed by atoms with Crippen LogP contribution in [0.5, 0.6) is 0 Å². The lowest BCUT2D eigenvalue weighted by Crippen LogP contribution is -1.82. The normalized spacial score (nSPS) is 9.75. The number of aliphatic hydroxyl groups excluding tert-OH is 4. The van der Waals surface area contributed by atoms with Crippen molar-refractivity contribution in [2.45, 2.75) is 156 Å². The Morgan fingerprint density at radius 1 is 0.250 bits per heavy atom. The zero-order valence-electron chi connectivity index (χ0n) is 22.8. The van der Waals surface area contributed by atoms with Crippen molar-refractivity contribution in [1.82, 2.24) is 0 Å². The van der Waals surface area contributed by atoms with Crippen molar-refractivity contribution in [3.63, 3.8) is 0 Å². The molecule has 0 saturated carbocycles. The molecule has 200 valence electrons. The third-order valence-electron chi connectivity index (χ3n) is 5.05. The summed E-state index contributed by atoms with van der Waals surface area (Å²) in [5, 5.41) is 33.3. The zero-order valence-corrected chi connectivity index (χ0v) is 22.8. The average Bonchev–Trinajstić information content (AvgIpc) is 2.81. The first-order valence-electron chi connectivity index (χ1n) is 14.1. The molecule has 0 saturated heterocycles. The Morgan fingerprint density at radius 2 is 0.438 bits per heavy atom. The molecule has 4 N–H and O–H groups in total. The SMILES string of the molecule is CCCCCCCCO.CCCCCCCCO.CCCCCCCCO.CCCCO. The Kier molecular flexibility index (Phi) is 59.0. The van der Waals surface area contributed by atoms with E-state index >= 15 is 0 Å². The minimum absolute atomic E-state index is 0.344. The Hall–Kier alpha value is -0.160. The molecule has 0 bridgehead atoms. The Bertz CT molecular complexity index is 184. The summed E-state index contributed by atoms with van der Waals surface area (Å²) in [4.78, 5) is 0. The van der Waals surface area contributed by atoms with Gasteiger partial charge in [0, 0.05) is 26.4 Å². The van der Waals surface area contributed by atoms with Gasteiger partial charge >= 0.3 is 0 Å². The first-order chi connectivity index (χ1) is 15.7. The van der Waals surface area contributed by atoms with Crippen molar-refractivity contribution in [3.8, 4) is 0 Å².